The molecule has 2 aromatic rings. The number of anilines is 1. The fourth-order valence-electron chi connectivity index (χ4n) is 3.80. The first-order valence-corrected chi connectivity index (χ1v) is 9.57. The van der Waals surface area contributed by atoms with Gasteiger partial charge in [-0.1, -0.05) is 6.07 Å². The molecule has 28 heavy (non-hydrogen) atoms. The largest absolute Gasteiger partial charge is 0.378 e. The van der Waals surface area contributed by atoms with E-state index >= 15 is 0 Å². The van der Waals surface area contributed by atoms with E-state index in [0.717, 1.165) is 16.9 Å². The molecule has 0 unspecified atom stereocenters. The first-order valence-electron chi connectivity index (χ1n) is 9.57. The van der Waals surface area contributed by atoms with Gasteiger partial charge in [0.25, 0.3) is 5.91 Å². The monoisotopic (exact) mass is 391 g/mol. The van der Waals surface area contributed by atoms with E-state index in [1.165, 1.54) is 18.2 Å². The second-order valence-electron chi connectivity index (χ2n) is 7.42. The second kappa shape index (κ2) is 8.31. The van der Waals surface area contributed by atoms with Crippen LogP contribution in [-0.2, 0) is 11.3 Å². The van der Waals surface area contributed by atoms with Crippen LogP contribution in [0.2, 0.25) is 0 Å². The van der Waals surface area contributed by atoms with Gasteiger partial charge in [-0.3, -0.25) is 4.79 Å². The number of benzene rings is 1. The molecule has 1 aromatic heterocycles. The number of carbonyl (C=O) groups is 1. The average molecular weight is 391 g/mol. The van der Waals surface area contributed by atoms with E-state index in [9.17, 15) is 13.6 Å². The van der Waals surface area contributed by atoms with E-state index in [4.69, 9.17) is 4.74 Å². The number of amides is 1. The van der Waals surface area contributed by atoms with Crippen molar-refractivity contribution in [3.63, 3.8) is 0 Å². The van der Waals surface area contributed by atoms with Gasteiger partial charge in [-0.05, 0) is 39.8 Å². The average Bonchev–Trinajstić information content (AvgIpc) is 2.88. The van der Waals surface area contributed by atoms with Crippen molar-refractivity contribution < 1.29 is 18.3 Å². The van der Waals surface area contributed by atoms with E-state index in [2.05, 4.69) is 10.2 Å². The van der Waals surface area contributed by atoms with Crippen LogP contribution >= 0.6 is 0 Å². The highest BCUT2D eigenvalue weighted by Gasteiger charge is 2.28. The Morgan fingerprint density at radius 3 is 2.36 bits per heavy atom. The lowest BCUT2D eigenvalue weighted by Gasteiger charge is -2.29. The smallest absolute Gasteiger partial charge is 0.268 e. The fourth-order valence-corrected chi connectivity index (χ4v) is 3.80. The summed E-state index contributed by atoms with van der Waals surface area (Å²) in [6.07, 6.45) is 0. The maximum atomic E-state index is 14.3. The molecular weight excluding hydrogens is 364 g/mol. The van der Waals surface area contributed by atoms with Crippen LogP contribution in [0.4, 0.5) is 14.5 Å². The normalized spacial score (nSPS) is 14.6. The van der Waals surface area contributed by atoms with Gasteiger partial charge in [0.05, 0.1) is 25.4 Å². The van der Waals surface area contributed by atoms with Crippen molar-refractivity contribution in [3.05, 3.63) is 52.3 Å². The van der Waals surface area contributed by atoms with E-state index < -0.39 is 11.6 Å². The summed E-state index contributed by atoms with van der Waals surface area (Å²) in [6.45, 7) is 10.1. The zero-order valence-electron chi connectivity index (χ0n) is 16.8. The highest BCUT2D eigenvalue weighted by atomic mass is 19.1. The predicted molar refractivity (Wildman–Crippen MR) is 105 cm³/mol. The quantitative estimate of drug-likeness (QED) is 0.850. The topological polar surface area (TPSA) is 46.5 Å². The fraction of sp³-hybridized carbons (Fsp3) is 0.476. The van der Waals surface area contributed by atoms with Crippen LogP contribution in [-0.4, -0.2) is 42.8 Å². The lowest BCUT2D eigenvalue weighted by atomic mass is 10.1. The lowest BCUT2D eigenvalue weighted by Crippen LogP contribution is -2.37. The van der Waals surface area contributed by atoms with Gasteiger partial charge < -0.3 is 19.5 Å². The molecule has 1 fully saturated rings. The second-order valence-corrected chi connectivity index (χ2v) is 7.42. The molecule has 0 spiro atoms. The number of morpholine rings is 1. The molecular formula is C21H27F2N3O2. The molecule has 2 heterocycles. The Morgan fingerprint density at radius 1 is 1.18 bits per heavy atom. The van der Waals surface area contributed by atoms with E-state index in [1.807, 2.05) is 27.7 Å². The molecule has 0 aliphatic carbocycles. The minimum absolute atomic E-state index is 0.0453. The molecule has 5 nitrogen and oxygen atoms in total. The molecule has 3 rings (SSSR count). The zero-order chi connectivity index (χ0) is 20.4. The molecule has 1 aliphatic heterocycles. The molecule has 1 amide bonds. The summed E-state index contributed by atoms with van der Waals surface area (Å²) in [7, 11) is 0. The van der Waals surface area contributed by atoms with Gasteiger partial charge in [0.1, 0.15) is 17.3 Å². The van der Waals surface area contributed by atoms with Crippen molar-refractivity contribution in [2.24, 2.45) is 0 Å². The van der Waals surface area contributed by atoms with E-state index in [0.29, 0.717) is 32.0 Å². The predicted octanol–water partition coefficient (Wildman–Crippen LogP) is 3.41. The third-order valence-electron chi connectivity index (χ3n) is 5.07. The minimum atomic E-state index is -0.617. The van der Waals surface area contributed by atoms with Gasteiger partial charge in [-0.2, -0.15) is 0 Å². The number of carbonyl (C=O) groups excluding carboxylic acids is 1. The number of hydrogen-bond donors (Lipinski definition) is 1. The van der Waals surface area contributed by atoms with Crippen molar-refractivity contribution in [3.8, 4) is 0 Å². The molecule has 1 aromatic carbocycles. The van der Waals surface area contributed by atoms with Crippen LogP contribution in [0, 0.1) is 25.5 Å². The van der Waals surface area contributed by atoms with Gasteiger partial charge in [-0.25, -0.2) is 8.78 Å². The number of ether oxygens (including phenoxy) is 1. The van der Waals surface area contributed by atoms with Gasteiger partial charge >= 0.3 is 0 Å². The Kier molecular flexibility index (Phi) is 6.03. The maximum absolute atomic E-state index is 14.3. The summed E-state index contributed by atoms with van der Waals surface area (Å²) < 4.78 is 35.7. The van der Waals surface area contributed by atoms with Crippen molar-refractivity contribution in [1.82, 2.24) is 9.88 Å². The van der Waals surface area contributed by atoms with Gasteiger partial charge in [0.2, 0.25) is 0 Å². The summed E-state index contributed by atoms with van der Waals surface area (Å²) in [5.41, 5.74) is 2.96. The third-order valence-corrected chi connectivity index (χ3v) is 5.07. The number of nitrogens with zero attached hydrogens (tertiary/aromatic N) is 2. The zero-order valence-corrected chi connectivity index (χ0v) is 16.8. The maximum Gasteiger partial charge on any atom is 0.268 e. The molecule has 1 saturated heterocycles. The molecule has 7 heteroatoms. The summed E-state index contributed by atoms with van der Waals surface area (Å²) in [5, 5.41) is 2.91. The van der Waals surface area contributed by atoms with Crippen LogP contribution in [0.5, 0.6) is 0 Å². The Balaban J connectivity index is 2.11. The van der Waals surface area contributed by atoms with Crippen LogP contribution < -0.4 is 10.2 Å². The first-order chi connectivity index (χ1) is 13.3. The number of hydrogen-bond acceptors (Lipinski definition) is 3. The summed E-state index contributed by atoms with van der Waals surface area (Å²) in [6, 6.07) is 3.77. The molecule has 0 bridgehead atoms. The van der Waals surface area contributed by atoms with Crippen molar-refractivity contribution in [2.75, 3.05) is 31.2 Å². The Morgan fingerprint density at radius 2 is 1.79 bits per heavy atom. The Hall–Kier alpha value is -2.41. The van der Waals surface area contributed by atoms with Crippen molar-refractivity contribution in [2.45, 2.75) is 40.3 Å². The molecule has 1 N–H and O–H groups in total. The molecule has 1 aliphatic rings. The summed E-state index contributed by atoms with van der Waals surface area (Å²) >= 11 is 0. The first kappa shape index (κ1) is 20.3. The van der Waals surface area contributed by atoms with Crippen LogP contribution in [0.15, 0.2) is 18.2 Å². The van der Waals surface area contributed by atoms with E-state index in [-0.39, 0.29) is 24.1 Å². The number of halogens is 2. The number of aromatic nitrogens is 1. The Bertz CT molecular complexity index is 851. The van der Waals surface area contributed by atoms with Crippen LogP contribution in [0.3, 0.4) is 0 Å². The molecule has 0 saturated carbocycles. The highest BCUT2D eigenvalue weighted by molar-refractivity contribution is 5.96. The summed E-state index contributed by atoms with van der Waals surface area (Å²) in [5.74, 6) is -1.48. The standard InChI is InChI=1S/C21H27F2N3O2/c1-13(2)24-21(27)20-14(3)19(25-8-10-28-11-9-25)15(4)26(20)12-16-17(22)6-5-7-18(16)23/h5-7,13H,8-12H2,1-4H3,(H,24,27). The lowest BCUT2D eigenvalue weighted by molar-refractivity contribution is 0.0933. The number of nitrogens with one attached hydrogen (secondary N) is 1. The molecule has 152 valence electrons. The van der Waals surface area contributed by atoms with Gasteiger partial charge in [-0.15, -0.1) is 0 Å². The van der Waals surface area contributed by atoms with Gasteiger partial charge in [0, 0.05) is 36.0 Å². The molecule has 0 radical (unpaired) electrons. The highest BCUT2D eigenvalue weighted by Crippen LogP contribution is 2.32. The van der Waals surface area contributed by atoms with Gasteiger partial charge in [0.15, 0.2) is 0 Å². The number of rotatable bonds is 5. The minimum Gasteiger partial charge on any atom is -0.378 e. The summed E-state index contributed by atoms with van der Waals surface area (Å²) in [4.78, 5) is 15.1. The van der Waals surface area contributed by atoms with Crippen LogP contribution in [0.1, 0.15) is 41.2 Å². The Labute approximate surface area is 164 Å². The third kappa shape index (κ3) is 3.90. The molecule has 0 atom stereocenters. The van der Waals surface area contributed by atoms with Crippen LogP contribution in [0.25, 0.3) is 0 Å². The SMILES string of the molecule is Cc1c(N2CCOCC2)c(C)n(Cc2c(F)cccc2F)c1C(=O)NC(C)C. The van der Waals surface area contributed by atoms with Crippen molar-refractivity contribution in [1.29, 1.82) is 0 Å². The van der Waals surface area contributed by atoms with E-state index in [1.54, 1.807) is 4.57 Å². The van der Waals surface area contributed by atoms with Crippen molar-refractivity contribution >= 4 is 11.6 Å².